The van der Waals surface area contributed by atoms with Crippen molar-refractivity contribution in [3.63, 3.8) is 0 Å². The van der Waals surface area contributed by atoms with Crippen LogP contribution in [0.3, 0.4) is 0 Å². The standard InChI is InChI=1S/C17H17NO6/c1-22-12-4-2-3-11(9-12)15-10-18(7-8-23-15)16(19)13-5-6-14(24-13)17(20)21/h2-6,9,15H,7-8,10H2,1H3,(H,20,21). The van der Waals surface area contributed by atoms with Crippen molar-refractivity contribution in [1.82, 2.24) is 4.90 Å². The van der Waals surface area contributed by atoms with E-state index in [1.165, 1.54) is 12.1 Å². The molecule has 1 fully saturated rings. The molecule has 0 spiro atoms. The number of hydrogen-bond acceptors (Lipinski definition) is 5. The summed E-state index contributed by atoms with van der Waals surface area (Å²) in [5, 5.41) is 8.88. The van der Waals surface area contributed by atoms with Gasteiger partial charge in [0.1, 0.15) is 11.9 Å². The van der Waals surface area contributed by atoms with Crippen LogP contribution >= 0.6 is 0 Å². The first-order valence-corrected chi connectivity index (χ1v) is 7.46. The number of benzene rings is 1. The molecule has 1 unspecified atom stereocenters. The summed E-state index contributed by atoms with van der Waals surface area (Å²) in [5.41, 5.74) is 0.914. The van der Waals surface area contributed by atoms with Gasteiger partial charge in [0.15, 0.2) is 5.76 Å². The molecule has 1 aromatic carbocycles. The molecule has 126 valence electrons. The Balaban J connectivity index is 1.74. The Morgan fingerprint density at radius 2 is 2.04 bits per heavy atom. The third-order valence-electron chi connectivity index (χ3n) is 3.85. The Hall–Kier alpha value is -2.80. The number of amides is 1. The molecule has 1 atom stereocenters. The number of hydrogen-bond donors (Lipinski definition) is 1. The minimum Gasteiger partial charge on any atom is -0.497 e. The summed E-state index contributed by atoms with van der Waals surface area (Å²) in [7, 11) is 1.59. The number of carbonyl (C=O) groups excluding carboxylic acids is 1. The Morgan fingerprint density at radius 3 is 2.75 bits per heavy atom. The third kappa shape index (κ3) is 3.26. The normalized spacial score (nSPS) is 17.5. The molecule has 2 heterocycles. The van der Waals surface area contributed by atoms with Gasteiger partial charge in [-0.2, -0.15) is 0 Å². The smallest absolute Gasteiger partial charge is 0.371 e. The molecule has 7 nitrogen and oxygen atoms in total. The average Bonchev–Trinajstić information content (AvgIpc) is 3.11. The number of carbonyl (C=O) groups is 2. The summed E-state index contributed by atoms with van der Waals surface area (Å²) in [6, 6.07) is 10.1. The van der Waals surface area contributed by atoms with Crippen molar-refractivity contribution in [3.05, 3.63) is 53.5 Å². The minimum absolute atomic E-state index is 0.0127. The number of nitrogens with zero attached hydrogens (tertiary/aromatic N) is 1. The SMILES string of the molecule is COc1cccc(C2CN(C(=O)c3ccc(C(=O)O)o3)CCO2)c1. The summed E-state index contributed by atoms with van der Waals surface area (Å²) in [5.74, 6) is -1.07. The zero-order chi connectivity index (χ0) is 17.1. The van der Waals surface area contributed by atoms with E-state index in [9.17, 15) is 9.59 Å². The number of aromatic carboxylic acids is 1. The van der Waals surface area contributed by atoms with Crippen LogP contribution in [0, 0.1) is 0 Å². The number of morpholine rings is 1. The first-order valence-electron chi connectivity index (χ1n) is 7.46. The van der Waals surface area contributed by atoms with Crippen LogP contribution in [-0.4, -0.2) is 48.7 Å². The fourth-order valence-corrected chi connectivity index (χ4v) is 2.60. The van der Waals surface area contributed by atoms with Crippen molar-refractivity contribution in [3.8, 4) is 5.75 Å². The van der Waals surface area contributed by atoms with Crippen molar-refractivity contribution in [2.24, 2.45) is 0 Å². The lowest BCUT2D eigenvalue weighted by molar-refractivity contribution is -0.0238. The molecular formula is C17H17NO6. The molecule has 1 N–H and O–H groups in total. The molecule has 0 saturated carbocycles. The molecule has 1 amide bonds. The number of rotatable bonds is 4. The van der Waals surface area contributed by atoms with E-state index >= 15 is 0 Å². The van der Waals surface area contributed by atoms with Gasteiger partial charge in [0.25, 0.3) is 5.91 Å². The number of carboxylic acids is 1. The van der Waals surface area contributed by atoms with E-state index in [0.717, 1.165) is 11.3 Å². The summed E-state index contributed by atoms with van der Waals surface area (Å²) < 4.78 is 16.0. The minimum atomic E-state index is -1.20. The molecule has 7 heteroatoms. The highest BCUT2D eigenvalue weighted by molar-refractivity contribution is 5.93. The van der Waals surface area contributed by atoms with Crippen molar-refractivity contribution in [2.75, 3.05) is 26.8 Å². The quantitative estimate of drug-likeness (QED) is 0.924. The molecule has 24 heavy (non-hydrogen) atoms. The van der Waals surface area contributed by atoms with Gasteiger partial charge in [-0.25, -0.2) is 4.79 Å². The first-order chi connectivity index (χ1) is 11.6. The van der Waals surface area contributed by atoms with Crippen molar-refractivity contribution >= 4 is 11.9 Å². The summed E-state index contributed by atoms with van der Waals surface area (Å²) in [6.45, 7) is 1.16. The number of carboxylic acid groups (broad SMARTS) is 1. The second kappa shape index (κ2) is 6.76. The van der Waals surface area contributed by atoms with Gasteiger partial charge < -0.3 is 23.9 Å². The van der Waals surface area contributed by atoms with E-state index in [2.05, 4.69) is 0 Å². The van der Waals surface area contributed by atoms with Crippen molar-refractivity contribution in [2.45, 2.75) is 6.10 Å². The van der Waals surface area contributed by atoms with Gasteiger partial charge in [-0.1, -0.05) is 12.1 Å². The van der Waals surface area contributed by atoms with E-state index in [4.69, 9.17) is 19.0 Å². The van der Waals surface area contributed by atoms with E-state index in [1.807, 2.05) is 24.3 Å². The Kier molecular flexibility index (Phi) is 4.52. The van der Waals surface area contributed by atoms with Gasteiger partial charge in [0, 0.05) is 6.54 Å². The molecule has 1 aliphatic rings. The second-order valence-corrected chi connectivity index (χ2v) is 5.36. The van der Waals surface area contributed by atoms with Crippen LogP contribution in [0.5, 0.6) is 5.75 Å². The van der Waals surface area contributed by atoms with E-state index in [0.29, 0.717) is 19.7 Å². The third-order valence-corrected chi connectivity index (χ3v) is 3.85. The molecule has 1 aromatic heterocycles. The topological polar surface area (TPSA) is 89.2 Å². The van der Waals surface area contributed by atoms with E-state index < -0.39 is 5.97 Å². The molecular weight excluding hydrogens is 314 g/mol. The Bertz CT molecular complexity index is 753. The van der Waals surface area contributed by atoms with Gasteiger partial charge in [-0.15, -0.1) is 0 Å². The summed E-state index contributed by atoms with van der Waals surface area (Å²) in [6.07, 6.45) is -0.272. The second-order valence-electron chi connectivity index (χ2n) is 5.36. The lowest BCUT2D eigenvalue weighted by Crippen LogP contribution is -2.42. The molecule has 0 radical (unpaired) electrons. The maximum atomic E-state index is 12.5. The number of furan rings is 1. The molecule has 3 rings (SSSR count). The van der Waals surface area contributed by atoms with Gasteiger partial charge in [0.2, 0.25) is 5.76 Å². The molecule has 1 saturated heterocycles. The highest BCUT2D eigenvalue weighted by atomic mass is 16.5. The maximum absolute atomic E-state index is 12.5. The fourth-order valence-electron chi connectivity index (χ4n) is 2.60. The zero-order valence-corrected chi connectivity index (χ0v) is 13.1. The van der Waals surface area contributed by atoms with Crippen LogP contribution in [0.1, 0.15) is 32.8 Å². The summed E-state index contributed by atoms with van der Waals surface area (Å²) in [4.78, 5) is 25.0. The Labute approximate surface area is 138 Å². The zero-order valence-electron chi connectivity index (χ0n) is 13.1. The summed E-state index contributed by atoms with van der Waals surface area (Å²) >= 11 is 0. The first kappa shape index (κ1) is 16.1. The van der Waals surface area contributed by atoms with Crippen molar-refractivity contribution in [1.29, 1.82) is 0 Å². The predicted octanol–water partition coefficient (Wildman–Crippen LogP) is 2.20. The van der Waals surface area contributed by atoms with Crippen LogP contribution in [-0.2, 0) is 4.74 Å². The Morgan fingerprint density at radius 1 is 1.25 bits per heavy atom. The van der Waals surface area contributed by atoms with E-state index in [1.54, 1.807) is 12.0 Å². The number of methoxy groups -OCH3 is 1. The molecule has 1 aliphatic heterocycles. The molecule has 2 aromatic rings. The van der Waals surface area contributed by atoms with Crippen LogP contribution in [0.4, 0.5) is 0 Å². The predicted molar refractivity (Wildman–Crippen MR) is 83.3 cm³/mol. The van der Waals surface area contributed by atoms with Gasteiger partial charge in [-0.05, 0) is 29.8 Å². The lowest BCUT2D eigenvalue weighted by atomic mass is 10.1. The average molecular weight is 331 g/mol. The largest absolute Gasteiger partial charge is 0.497 e. The van der Waals surface area contributed by atoms with Crippen molar-refractivity contribution < 1.29 is 28.6 Å². The molecule has 0 bridgehead atoms. The van der Waals surface area contributed by atoms with Crippen LogP contribution in [0.15, 0.2) is 40.8 Å². The monoisotopic (exact) mass is 331 g/mol. The lowest BCUT2D eigenvalue weighted by Gasteiger charge is -2.32. The van der Waals surface area contributed by atoms with Crippen LogP contribution < -0.4 is 4.74 Å². The van der Waals surface area contributed by atoms with Gasteiger partial charge >= 0.3 is 5.97 Å². The fraction of sp³-hybridized carbons (Fsp3) is 0.294. The van der Waals surface area contributed by atoms with Crippen LogP contribution in [0.25, 0.3) is 0 Å². The number of ether oxygens (including phenoxy) is 2. The van der Waals surface area contributed by atoms with Crippen LogP contribution in [0.2, 0.25) is 0 Å². The highest BCUT2D eigenvalue weighted by Crippen LogP contribution is 2.26. The van der Waals surface area contributed by atoms with Gasteiger partial charge in [-0.3, -0.25) is 4.79 Å². The van der Waals surface area contributed by atoms with Gasteiger partial charge in [0.05, 0.1) is 20.3 Å². The maximum Gasteiger partial charge on any atom is 0.371 e. The molecule has 0 aliphatic carbocycles. The van der Waals surface area contributed by atoms with E-state index in [-0.39, 0.29) is 23.5 Å². The highest BCUT2D eigenvalue weighted by Gasteiger charge is 2.28.